The lowest BCUT2D eigenvalue weighted by Crippen LogP contribution is -2.01. The molecule has 0 N–H and O–H groups in total. The van der Waals surface area contributed by atoms with Crippen LogP contribution < -0.4 is 4.74 Å². The van der Waals surface area contributed by atoms with Crippen molar-refractivity contribution in [1.29, 1.82) is 0 Å². The minimum absolute atomic E-state index is 0.0293. The number of hydrogen-bond acceptors (Lipinski definition) is 5. The highest BCUT2D eigenvalue weighted by atomic mass is 32.2. The Morgan fingerprint density at radius 1 is 0.968 bits per heavy atom. The van der Waals surface area contributed by atoms with Crippen LogP contribution in [0.1, 0.15) is 21.5 Å². The zero-order valence-electron chi connectivity index (χ0n) is 17.2. The number of allylic oxidation sites excluding steroid dienone is 1. The van der Waals surface area contributed by atoms with Crippen molar-refractivity contribution in [2.75, 3.05) is 12.4 Å². The van der Waals surface area contributed by atoms with Gasteiger partial charge in [-0.05, 0) is 48.9 Å². The van der Waals surface area contributed by atoms with Gasteiger partial charge in [0.25, 0.3) is 0 Å². The third-order valence-corrected chi connectivity index (χ3v) is 5.71. The normalized spacial score (nSPS) is 11.1. The van der Waals surface area contributed by atoms with Crippen LogP contribution >= 0.6 is 11.8 Å². The molecule has 154 valence electrons. The average molecular weight is 427 g/mol. The Hall–Kier alpha value is -3.44. The number of para-hydroxylation sites is 1. The summed E-state index contributed by atoms with van der Waals surface area (Å²) in [5.41, 5.74) is 3.78. The lowest BCUT2D eigenvalue weighted by atomic mass is 10.1. The van der Waals surface area contributed by atoms with Crippen molar-refractivity contribution < 1.29 is 9.53 Å². The molecule has 0 aliphatic carbocycles. The maximum Gasteiger partial charge on any atom is 0.185 e. The summed E-state index contributed by atoms with van der Waals surface area (Å²) in [7, 11) is 0. The molecule has 1 aromatic heterocycles. The Balaban J connectivity index is 1.28. The maximum atomic E-state index is 12.4. The zero-order valence-corrected chi connectivity index (χ0v) is 18.0. The first-order valence-electron chi connectivity index (χ1n) is 10.0. The van der Waals surface area contributed by atoms with Gasteiger partial charge in [0.15, 0.2) is 5.78 Å². The fourth-order valence-electron chi connectivity index (χ4n) is 3.05. The molecule has 0 unspecified atom stereocenters. The van der Waals surface area contributed by atoms with E-state index < -0.39 is 0 Å². The summed E-state index contributed by atoms with van der Waals surface area (Å²) < 4.78 is 5.82. The van der Waals surface area contributed by atoms with Crippen molar-refractivity contribution in [2.45, 2.75) is 11.9 Å². The highest BCUT2D eigenvalue weighted by Gasteiger charge is 2.05. The van der Waals surface area contributed by atoms with Gasteiger partial charge >= 0.3 is 0 Å². The van der Waals surface area contributed by atoms with Crippen molar-refractivity contribution >= 4 is 34.5 Å². The van der Waals surface area contributed by atoms with Crippen LogP contribution in [0.15, 0.2) is 90.2 Å². The van der Waals surface area contributed by atoms with Gasteiger partial charge in [0.2, 0.25) is 0 Å². The van der Waals surface area contributed by atoms with E-state index >= 15 is 0 Å². The standard InChI is InChI=1S/C26H22N2O2S/c1-19-6-8-20(9-7-19)10-15-25(29)21-11-13-22(14-12-21)30-16-17-31-26-23-4-2-3-5-24(23)27-18-28-26/h2-15,18H,16-17H2,1H3/b15-10+. The lowest BCUT2D eigenvalue weighted by Gasteiger charge is -2.07. The first-order valence-corrected chi connectivity index (χ1v) is 11.0. The number of ketones is 1. The minimum atomic E-state index is -0.0293. The number of carbonyl (C=O) groups excluding carboxylic acids is 1. The van der Waals surface area contributed by atoms with Crippen LogP contribution in [0.4, 0.5) is 0 Å². The molecule has 1 heterocycles. The monoisotopic (exact) mass is 426 g/mol. The summed E-state index contributed by atoms with van der Waals surface area (Å²) in [4.78, 5) is 21.0. The van der Waals surface area contributed by atoms with Gasteiger partial charge in [0, 0.05) is 16.7 Å². The van der Waals surface area contributed by atoms with E-state index in [4.69, 9.17) is 4.74 Å². The number of aryl methyl sites for hydroxylation is 1. The van der Waals surface area contributed by atoms with E-state index in [0.29, 0.717) is 12.2 Å². The molecule has 0 amide bonds. The molecular weight excluding hydrogens is 404 g/mol. The van der Waals surface area contributed by atoms with Crippen LogP contribution in [0.2, 0.25) is 0 Å². The molecule has 0 fully saturated rings. The molecule has 0 saturated carbocycles. The molecule has 0 spiro atoms. The molecule has 31 heavy (non-hydrogen) atoms. The first kappa shape index (κ1) is 20.8. The smallest absolute Gasteiger partial charge is 0.185 e. The number of hydrogen-bond donors (Lipinski definition) is 0. The van der Waals surface area contributed by atoms with Gasteiger partial charge in [-0.1, -0.05) is 54.1 Å². The quantitative estimate of drug-likeness (QED) is 0.114. The Bertz CT molecular complexity index is 1200. The predicted molar refractivity (Wildman–Crippen MR) is 127 cm³/mol. The number of ether oxygens (including phenoxy) is 1. The zero-order chi connectivity index (χ0) is 21.5. The summed E-state index contributed by atoms with van der Waals surface area (Å²) in [6, 6.07) is 23.3. The molecular formula is C26H22N2O2S. The molecule has 0 atom stereocenters. The second kappa shape index (κ2) is 10.0. The highest BCUT2D eigenvalue weighted by molar-refractivity contribution is 7.99. The molecule has 0 saturated heterocycles. The third kappa shape index (κ3) is 5.58. The fourth-order valence-corrected chi connectivity index (χ4v) is 3.86. The van der Waals surface area contributed by atoms with Crippen molar-refractivity contribution in [2.24, 2.45) is 0 Å². The Morgan fingerprint density at radius 2 is 1.74 bits per heavy atom. The second-order valence-electron chi connectivity index (χ2n) is 7.03. The van der Waals surface area contributed by atoms with Crippen molar-refractivity contribution in [3.05, 3.63) is 102 Å². The largest absolute Gasteiger partial charge is 0.493 e. The van der Waals surface area contributed by atoms with E-state index in [1.165, 1.54) is 5.56 Å². The SMILES string of the molecule is Cc1ccc(/C=C/C(=O)c2ccc(OCCSc3ncnc4ccccc34)cc2)cc1. The molecule has 5 heteroatoms. The lowest BCUT2D eigenvalue weighted by molar-refractivity contribution is 0.104. The van der Waals surface area contributed by atoms with E-state index in [1.807, 2.05) is 73.7 Å². The van der Waals surface area contributed by atoms with Crippen LogP contribution in [-0.2, 0) is 0 Å². The summed E-state index contributed by atoms with van der Waals surface area (Å²) in [5, 5.41) is 2.01. The Morgan fingerprint density at radius 3 is 2.55 bits per heavy atom. The number of fused-ring (bicyclic) bond motifs is 1. The second-order valence-corrected chi connectivity index (χ2v) is 8.11. The molecule has 0 radical (unpaired) electrons. The third-order valence-electron chi connectivity index (χ3n) is 4.74. The van der Waals surface area contributed by atoms with Gasteiger partial charge in [-0.25, -0.2) is 9.97 Å². The van der Waals surface area contributed by atoms with Gasteiger partial charge in [0.05, 0.1) is 12.1 Å². The Kier molecular flexibility index (Phi) is 6.75. The van der Waals surface area contributed by atoms with Crippen LogP contribution in [0.3, 0.4) is 0 Å². The van der Waals surface area contributed by atoms with E-state index in [0.717, 1.165) is 33.0 Å². The average Bonchev–Trinajstić information content (AvgIpc) is 2.82. The van der Waals surface area contributed by atoms with Crippen molar-refractivity contribution in [1.82, 2.24) is 9.97 Å². The topological polar surface area (TPSA) is 52.1 Å². The molecule has 0 aliphatic heterocycles. The minimum Gasteiger partial charge on any atom is -0.493 e. The molecule has 4 rings (SSSR count). The van der Waals surface area contributed by atoms with Crippen LogP contribution in [-0.4, -0.2) is 28.1 Å². The summed E-state index contributed by atoms with van der Waals surface area (Å²) in [6.45, 7) is 2.59. The summed E-state index contributed by atoms with van der Waals surface area (Å²) in [5.74, 6) is 1.48. The molecule has 0 aliphatic rings. The number of thioether (sulfide) groups is 1. The fraction of sp³-hybridized carbons (Fsp3) is 0.115. The Labute approximate surface area is 186 Å². The predicted octanol–water partition coefficient (Wildman–Crippen LogP) is 6.01. The molecule has 0 bridgehead atoms. The van der Waals surface area contributed by atoms with Gasteiger partial charge < -0.3 is 4.74 Å². The van der Waals surface area contributed by atoms with Gasteiger partial charge in [-0.2, -0.15) is 0 Å². The number of carbonyl (C=O) groups is 1. The van der Waals surface area contributed by atoms with E-state index in [-0.39, 0.29) is 5.78 Å². The van der Waals surface area contributed by atoms with Crippen LogP contribution in [0.5, 0.6) is 5.75 Å². The number of aromatic nitrogens is 2. The van der Waals surface area contributed by atoms with E-state index in [9.17, 15) is 4.79 Å². The van der Waals surface area contributed by atoms with Crippen LogP contribution in [0, 0.1) is 6.92 Å². The number of rotatable bonds is 8. The van der Waals surface area contributed by atoms with E-state index in [2.05, 4.69) is 9.97 Å². The van der Waals surface area contributed by atoms with Gasteiger partial charge in [0.1, 0.15) is 17.1 Å². The first-order chi connectivity index (χ1) is 15.2. The molecule has 4 aromatic rings. The van der Waals surface area contributed by atoms with Gasteiger partial charge in [-0.15, -0.1) is 11.8 Å². The summed E-state index contributed by atoms with van der Waals surface area (Å²) >= 11 is 1.64. The van der Waals surface area contributed by atoms with Crippen LogP contribution in [0.25, 0.3) is 17.0 Å². The maximum absolute atomic E-state index is 12.4. The molecule has 3 aromatic carbocycles. The van der Waals surface area contributed by atoms with Crippen molar-refractivity contribution in [3.8, 4) is 5.75 Å². The van der Waals surface area contributed by atoms with Gasteiger partial charge in [-0.3, -0.25) is 4.79 Å². The summed E-state index contributed by atoms with van der Waals surface area (Å²) in [6.07, 6.45) is 5.03. The van der Waals surface area contributed by atoms with E-state index in [1.54, 1.807) is 36.3 Å². The number of benzene rings is 3. The van der Waals surface area contributed by atoms with Crippen molar-refractivity contribution in [3.63, 3.8) is 0 Å². The highest BCUT2D eigenvalue weighted by Crippen LogP contribution is 2.24. The number of nitrogens with zero attached hydrogens (tertiary/aromatic N) is 2. The molecule has 4 nitrogen and oxygen atoms in total.